The molecule has 0 aromatic carbocycles. The Labute approximate surface area is 108 Å². The van der Waals surface area contributed by atoms with Crippen LogP contribution in [0.1, 0.15) is 43.2 Å². The van der Waals surface area contributed by atoms with E-state index in [1.807, 2.05) is 13.8 Å². The molecule has 0 spiro atoms. The number of rotatable bonds is 4. The average molecular weight is 254 g/mol. The number of aromatic nitrogens is 2. The Hall–Kier alpha value is -0.830. The smallest absolute Gasteiger partial charge is 0.155 e. The van der Waals surface area contributed by atoms with Gasteiger partial charge in [-0.05, 0) is 37.3 Å². The third-order valence-electron chi connectivity index (χ3n) is 3.78. The zero-order valence-corrected chi connectivity index (χ0v) is 11.3. The molecule has 3 nitrogen and oxygen atoms in total. The molecule has 1 aromatic heterocycles. The summed E-state index contributed by atoms with van der Waals surface area (Å²) in [4.78, 5) is 0. The lowest BCUT2D eigenvalue weighted by molar-refractivity contribution is 0.518. The van der Waals surface area contributed by atoms with Gasteiger partial charge in [-0.15, -0.1) is 10.2 Å². The number of nitrogens with zero attached hydrogens (tertiary/aromatic N) is 2. The highest BCUT2D eigenvalue weighted by Gasteiger charge is 2.14. The Balaban J connectivity index is 1.88. The van der Waals surface area contributed by atoms with Crippen molar-refractivity contribution in [3.8, 4) is 0 Å². The molecule has 1 aliphatic carbocycles. The second-order valence-corrected chi connectivity index (χ2v) is 5.31. The first-order valence-corrected chi connectivity index (χ1v) is 6.79. The third-order valence-corrected chi connectivity index (χ3v) is 4.14. The maximum atomic E-state index is 5.92. The monoisotopic (exact) mass is 253 g/mol. The van der Waals surface area contributed by atoms with E-state index >= 15 is 0 Å². The van der Waals surface area contributed by atoms with Gasteiger partial charge < -0.3 is 5.32 Å². The van der Waals surface area contributed by atoms with Crippen molar-refractivity contribution >= 4 is 17.4 Å². The summed E-state index contributed by atoms with van der Waals surface area (Å²) in [6, 6.07) is 0. The molecule has 0 aliphatic heterocycles. The van der Waals surface area contributed by atoms with Crippen LogP contribution < -0.4 is 5.32 Å². The minimum atomic E-state index is 0.504. The van der Waals surface area contributed by atoms with Crippen LogP contribution in [0.2, 0.25) is 5.15 Å². The van der Waals surface area contributed by atoms with Gasteiger partial charge in [0.25, 0.3) is 0 Å². The van der Waals surface area contributed by atoms with Gasteiger partial charge in [0.2, 0.25) is 0 Å². The summed E-state index contributed by atoms with van der Waals surface area (Å²) in [5.74, 6) is 1.79. The zero-order valence-electron chi connectivity index (χ0n) is 10.6. The predicted molar refractivity (Wildman–Crippen MR) is 71.6 cm³/mol. The van der Waals surface area contributed by atoms with Gasteiger partial charge in [0, 0.05) is 6.54 Å². The Morgan fingerprint density at radius 2 is 1.88 bits per heavy atom. The lowest BCUT2D eigenvalue weighted by Gasteiger charge is -2.12. The normalized spacial score (nSPS) is 16.4. The molecule has 1 saturated carbocycles. The Morgan fingerprint density at radius 3 is 2.59 bits per heavy atom. The lowest BCUT2D eigenvalue weighted by Crippen LogP contribution is -2.10. The average Bonchev–Trinajstić information content (AvgIpc) is 2.82. The minimum Gasteiger partial charge on any atom is -0.368 e. The summed E-state index contributed by atoms with van der Waals surface area (Å²) in [7, 11) is 0. The van der Waals surface area contributed by atoms with Gasteiger partial charge in [0.15, 0.2) is 11.0 Å². The van der Waals surface area contributed by atoms with E-state index < -0.39 is 0 Å². The number of hydrogen-bond acceptors (Lipinski definition) is 3. The molecule has 17 heavy (non-hydrogen) atoms. The summed E-state index contributed by atoms with van der Waals surface area (Å²) in [6.07, 6.45) is 6.84. The highest BCUT2D eigenvalue weighted by molar-refractivity contribution is 6.30. The van der Waals surface area contributed by atoms with Crippen LogP contribution in [0.3, 0.4) is 0 Å². The summed E-state index contributed by atoms with van der Waals surface area (Å²) in [5, 5.41) is 11.9. The predicted octanol–water partition coefficient (Wildman–Crippen LogP) is 3.74. The molecular weight excluding hydrogens is 234 g/mol. The van der Waals surface area contributed by atoms with E-state index in [0.717, 1.165) is 29.4 Å². The quantitative estimate of drug-likeness (QED) is 0.888. The fraction of sp³-hybridized carbons (Fsp3) is 0.692. The molecule has 1 aromatic rings. The fourth-order valence-corrected chi connectivity index (χ4v) is 2.62. The summed E-state index contributed by atoms with van der Waals surface area (Å²) in [6.45, 7) is 5.00. The fourth-order valence-electron chi connectivity index (χ4n) is 2.44. The van der Waals surface area contributed by atoms with Crippen LogP contribution in [0.25, 0.3) is 0 Å². The third kappa shape index (κ3) is 3.09. The first-order chi connectivity index (χ1) is 8.18. The van der Waals surface area contributed by atoms with Crippen LogP contribution in [-0.2, 0) is 0 Å². The van der Waals surface area contributed by atoms with E-state index in [1.54, 1.807) is 0 Å². The first-order valence-electron chi connectivity index (χ1n) is 6.41. The molecule has 94 valence electrons. The van der Waals surface area contributed by atoms with Crippen molar-refractivity contribution in [1.82, 2.24) is 10.2 Å². The molecule has 0 unspecified atom stereocenters. The Bertz CT molecular complexity index is 386. The van der Waals surface area contributed by atoms with Crippen LogP contribution in [0.15, 0.2) is 0 Å². The minimum absolute atomic E-state index is 0.504. The highest BCUT2D eigenvalue weighted by Crippen LogP contribution is 2.27. The van der Waals surface area contributed by atoms with Crippen molar-refractivity contribution in [1.29, 1.82) is 0 Å². The molecule has 1 fully saturated rings. The van der Waals surface area contributed by atoms with Gasteiger partial charge in [0.05, 0.1) is 0 Å². The molecule has 0 saturated heterocycles. The van der Waals surface area contributed by atoms with E-state index in [2.05, 4.69) is 15.5 Å². The number of halogens is 1. The van der Waals surface area contributed by atoms with Gasteiger partial charge in [-0.2, -0.15) is 0 Å². The number of hydrogen-bond donors (Lipinski definition) is 1. The molecule has 0 atom stereocenters. The standard InChI is InChI=1S/C13H20ClN3/c1-9-10(2)13(17-16-12(9)14)15-8-7-11-5-3-4-6-11/h11H,3-8H2,1-2H3,(H,15,17). The van der Waals surface area contributed by atoms with Crippen molar-refractivity contribution in [2.45, 2.75) is 46.0 Å². The SMILES string of the molecule is Cc1c(Cl)nnc(NCCC2CCCC2)c1C. The molecule has 1 N–H and O–H groups in total. The lowest BCUT2D eigenvalue weighted by atomic mass is 10.0. The first kappa shape index (κ1) is 12.6. The van der Waals surface area contributed by atoms with Crippen LogP contribution in [-0.4, -0.2) is 16.7 Å². The van der Waals surface area contributed by atoms with Crippen molar-refractivity contribution in [2.24, 2.45) is 5.92 Å². The van der Waals surface area contributed by atoms with E-state index in [4.69, 9.17) is 11.6 Å². The molecule has 0 bridgehead atoms. The van der Waals surface area contributed by atoms with Gasteiger partial charge in [0.1, 0.15) is 0 Å². The molecule has 1 heterocycles. The summed E-state index contributed by atoms with van der Waals surface area (Å²) >= 11 is 5.92. The summed E-state index contributed by atoms with van der Waals surface area (Å²) < 4.78 is 0. The maximum Gasteiger partial charge on any atom is 0.155 e. The number of nitrogens with one attached hydrogen (secondary N) is 1. The van der Waals surface area contributed by atoms with Crippen molar-refractivity contribution in [3.63, 3.8) is 0 Å². The largest absolute Gasteiger partial charge is 0.368 e. The van der Waals surface area contributed by atoms with E-state index in [-0.39, 0.29) is 0 Å². The van der Waals surface area contributed by atoms with E-state index in [9.17, 15) is 0 Å². The van der Waals surface area contributed by atoms with Crippen LogP contribution in [0.5, 0.6) is 0 Å². The Morgan fingerprint density at radius 1 is 1.18 bits per heavy atom. The van der Waals surface area contributed by atoms with Crippen LogP contribution in [0, 0.1) is 19.8 Å². The second kappa shape index (κ2) is 5.67. The second-order valence-electron chi connectivity index (χ2n) is 4.96. The molecule has 0 amide bonds. The van der Waals surface area contributed by atoms with Gasteiger partial charge in [-0.1, -0.05) is 37.3 Å². The highest BCUT2D eigenvalue weighted by atomic mass is 35.5. The van der Waals surface area contributed by atoms with Crippen molar-refractivity contribution < 1.29 is 0 Å². The van der Waals surface area contributed by atoms with Gasteiger partial charge >= 0.3 is 0 Å². The van der Waals surface area contributed by atoms with Crippen LogP contribution in [0.4, 0.5) is 5.82 Å². The van der Waals surface area contributed by atoms with E-state index in [1.165, 1.54) is 32.1 Å². The molecular formula is C13H20ClN3. The topological polar surface area (TPSA) is 37.8 Å². The zero-order chi connectivity index (χ0) is 12.3. The van der Waals surface area contributed by atoms with Crippen molar-refractivity contribution in [2.75, 3.05) is 11.9 Å². The molecule has 4 heteroatoms. The van der Waals surface area contributed by atoms with Crippen molar-refractivity contribution in [3.05, 3.63) is 16.3 Å². The number of anilines is 1. The molecule has 2 rings (SSSR count). The molecule has 1 aliphatic rings. The summed E-state index contributed by atoms with van der Waals surface area (Å²) in [5.41, 5.74) is 2.13. The molecule has 0 radical (unpaired) electrons. The van der Waals surface area contributed by atoms with Gasteiger partial charge in [-0.3, -0.25) is 0 Å². The van der Waals surface area contributed by atoms with E-state index in [0.29, 0.717) is 5.15 Å². The Kier molecular flexibility index (Phi) is 4.21. The van der Waals surface area contributed by atoms with Gasteiger partial charge in [-0.25, -0.2) is 0 Å². The van der Waals surface area contributed by atoms with Crippen LogP contribution >= 0.6 is 11.6 Å². The maximum absolute atomic E-state index is 5.92.